The molecule has 28 heavy (non-hydrogen) atoms. The number of nitrogens with zero attached hydrogens (tertiary/aromatic N) is 1. The summed E-state index contributed by atoms with van der Waals surface area (Å²) >= 11 is 0. The fourth-order valence-electron chi connectivity index (χ4n) is 2.68. The summed E-state index contributed by atoms with van der Waals surface area (Å²) in [5, 5.41) is 9.84. The number of hydrogen-bond acceptors (Lipinski definition) is 6. The first-order valence-electron chi connectivity index (χ1n) is 8.09. The molecule has 2 rings (SSSR count). The monoisotopic (exact) mass is 428 g/mol. The van der Waals surface area contributed by atoms with E-state index in [0.29, 0.717) is 12.2 Å². The highest BCUT2D eigenvalue weighted by Gasteiger charge is 2.20. The lowest BCUT2D eigenvalue weighted by Crippen LogP contribution is -2.10. The summed E-state index contributed by atoms with van der Waals surface area (Å²) in [6.45, 7) is 3.67. The largest absolute Gasteiger partial charge is 0.506 e. The predicted molar refractivity (Wildman–Crippen MR) is 106 cm³/mol. The molecule has 0 spiro atoms. The molecule has 0 saturated carbocycles. The van der Waals surface area contributed by atoms with E-state index in [4.69, 9.17) is 4.74 Å². The average molecular weight is 428 g/mol. The first-order chi connectivity index (χ1) is 12.9. The molecule has 2 aromatic carbocycles. The fourth-order valence-corrected chi connectivity index (χ4v) is 3.60. The molecule has 3 N–H and O–H groups in total. The lowest BCUT2D eigenvalue weighted by atomic mass is 9.95. The molecule has 1 unspecified atom stereocenters. The maximum atomic E-state index is 11.4. The molecule has 0 aliphatic rings. The number of anilines is 1. The zero-order chi connectivity index (χ0) is 21.1. The third-order valence-electron chi connectivity index (χ3n) is 3.93. The number of rotatable bonds is 8. The van der Waals surface area contributed by atoms with Crippen LogP contribution in [0.1, 0.15) is 22.3 Å². The molecular formula is C17H21N2O7PS. The quantitative estimate of drug-likeness (QED) is 0.333. The third kappa shape index (κ3) is 6.05. The highest BCUT2D eigenvalue weighted by Crippen LogP contribution is 2.41. The van der Waals surface area contributed by atoms with Crippen LogP contribution in [0.4, 0.5) is 5.69 Å². The molecule has 0 saturated heterocycles. The second kappa shape index (κ2) is 8.30. The Balaban J connectivity index is 2.26. The molecule has 0 aliphatic carbocycles. The van der Waals surface area contributed by atoms with Crippen LogP contribution in [-0.2, 0) is 21.0 Å². The van der Waals surface area contributed by atoms with E-state index in [2.05, 4.69) is 9.67 Å². The summed E-state index contributed by atoms with van der Waals surface area (Å²) in [6, 6.07) is 7.99. The summed E-state index contributed by atoms with van der Waals surface area (Å²) in [6.07, 6.45) is 0.760. The molecule has 0 fully saturated rings. The average Bonchev–Trinajstić information content (AvgIpc) is 2.58. The molecule has 1 atom stereocenters. The molecular weight excluding hydrogens is 407 g/mol. The van der Waals surface area contributed by atoms with Crippen molar-refractivity contribution < 1.29 is 27.7 Å². The van der Waals surface area contributed by atoms with Gasteiger partial charge in [0.2, 0.25) is 10.0 Å². The number of ether oxygens (including phenoxy) is 1. The Bertz CT molecular complexity index is 1030. The molecule has 0 aliphatic heterocycles. The van der Waals surface area contributed by atoms with Crippen LogP contribution in [0.5, 0.6) is 11.5 Å². The highest BCUT2D eigenvalue weighted by molar-refractivity contribution is 7.92. The van der Waals surface area contributed by atoms with Crippen LogP contribution in [-0.4, -0.2) is 31.0 Å². The van der Waals surface area contributed by atoms with Crippen LogP contribution >= 0.6 is 7.52 Å². The fraction of sp³-hybridized carbons (Fsp3) is 0.294. The van der Waals surface area contributed by atoms with Gasteiger partial charge < -0.3 is 14.7 Å². The predicted octanol–water partition coefficient (Wildman–Crippen LogP) is 3.26. The Kier molecular flexibility index (Phi) is 6.48. The third-order valence-corrected chi connectivity index (χ3v) is 5.25. The number of nitrogens with one attached hydrogen (secondary N) is 1. The van der Waals surface area contributed by atoms with Gasteiger partial charge in [-0.2, -0.15) is 0 Å². The van der Waals surface area contributed by atoms with E-state index >= 15 is 0 Å². The van der Waals surface area contributed by atoms with Crippen molar-refractivity contribution in [3.05, 3.63) is 57.5 Å². The number of phenols is 1. The second-order valence-corrected chi connectivity index (χ2v) is 9.96. The van der Waals surface area contributed by atoms with E-state index in [0.717, 1.165) is 28.5 Å². The van der Waals surface area contributed by atoms with Gasteiger partial charge in [-0.25, -0.2) is 8.42 Å². The minimum absolute atomic E-state index is 0.0929. The zero-order valence-corrected chi connectivity index (χ0v) is 17.3. The van der Waals surface area contributed by atoms with Crippen LogP contribution in [0.3, 0.4) is 0 Å². The van der Waals surface area contributed by atoms with E-state index in [1.54, 1.807) is 24.3 Å². The smallest absolute Gasteiger partial charge is 0.385 e. The molecule has 11 heteroatoms. The number of aryl methyl sites for hydroxylation is 2. The zero-order valence-electron chi connectivity index (χ0n) is 15.5. The van der Waals surface area contributed by atoms with Crippen LogP contribution in [0.15, 0.2) is 35.3 Å². The Morgan fingerprint density at radius 1 is 1.18 bits per heavy atom. The SMILES string of the molecule is Cc1cc(OCP(=O)(O)N=O)cc(C)c1Cc1ccc(O)c(NS(C)(=O)=O)c1. The van der Waals surface area contributed by atoms with Crippen LogP contribution in [0, 0.1) is 18.8 Å². The van der Waals surface area contributed by atoms with E-state index in [-0.39, 0.29) is 11.4 Å². The number of benzene rings is 2. The molecule has 2 aromatic rings. The van der Waals surface area contributed by atoms with Crippen LogP contribution in [0.2, 0.25) is 0 Å². The van der Waals surface area contributed by atoms with Gasteiger partial charge >= 0.3 is 7.52 Å². The van der Waals surface area contributed by atoms with Gasteiger partial charge in [0.1, 0.15) is 11.5 Å². The number of phenolic OH excluding ortho intramolecular Hbond substituents is 1. The summed E-state index contributed by atoms with van der Waals surface area (Å²) in [4.78, 5) is 21.6. The van der Waals surface area contributed by atoms with Crippen molar-refractivity contribution in [3.63, 3.8) is 0 Å². The molecule has 0 bridgehead atoms. The lowest BCUT2D eigenvalue weighted by molar-refractivity contribution is 0.349. The second-order valence-electron chi connectivity index (χ2n) is 6.46. The highest BCUT2D eigenvalue weighted by atomic mass is 32.2. The molecule has 0 heterocycles. The van der Waals surface area contributed by atoms with Crippen molar-refractivity contribution in [3.8, 4) is 11.5 Å². The van der Waals surface area contributed by atoms with Crippen molar-refractivity contribution in [1.82, 2.24) is 0 Å². The minimum Gasteiger partial charge on any atom is -0.506 e. The maximum Gasteiger partial charge on any atom is 0.385 e. The van der Waals surface area contributed by atoms with Gasteiger partial charge in [-0.1, -0.05) is 6.07 Å². The van der Waals surface area contributed by atoms with E-state index in [1.165, 1.54) is 6.07 Å². The standard InChI is InChI=1S/C17H21N2O7PS/c1-11-6-14(26-10-27(22,23)19-21)7-12(2)15(11)8-13-4-5-17(20)16(9-13)18-28(3,24)25/h4-7,9,18,20H,8,10H2,1-3H3,(H,22,23). The molecule has 0 radical (unpaired) electrons. The normalized spacial score (nSPS) is 13.6. The Morgan fingerprint density at radius 3 is 2.32 bits per heavy atom. The Labute approximate surface area is 162 Å². The summed E-state index contributed by atoms with van der Waals surface area (Å²) < 4.78 is 41.6. The summed E-state index contributed by atoms with van der Waals surface area (Å²) in [7, 11) is -7.73. The van der Waals surface area contributed by atoms with Gasteiger partial charge in [-0.3, -0.25) is 9.29 Å². The first-order valence-corrected chi connectivity index (χ1v) is 11.8. The number of sulfonamides is 1. The Morgan fingerprint density at radius 2 is 1.79 bits per heavy atom. The first kappa shape index (κ1) is 21.9. The number of hydrogen-bond donors (Lipinski definition) is 3. The topological polar surface area (TPSA) is 142 Å². The number of aromatic hydroxyl groups is 1. The van der Waals surface area contributed by atoms with Crippen molar-refractivity contribution in [2.24, 2.45) is 4.95 Å². The van der Waals surface area contributed by atoms with Crippen molar-refractivity contribution in [1.29, 1.82) is 0 Å². The summed E-state index contributed by atoms with van der Waals surface area (Å²) in [5.74, 6) is 0.158. The van der Waals surface area contributed by atoms with Gasteiger partial charge in [-0.15, -0.1) is 4.91 Å². The van der Waals surface area contributed by atoms with E-state index in [9.17, 15) is 27.9 Å². The van der Waals surface area contributed by atoms with Crippen LogP contribution < -0.4 is 9.46 Å². The molecule has 0 aromatic heterocycles. The Hall–Kier alpha value is -2.42. The molecule has 152 valence electrons. The maximum absolute atomic E-state index is 11.4. The lowest BCUT2D eigenvalue weighted by Gasteiger charge is -2.15. The van der Waals surface area contributed by atoms with Crippen molar-refractivity contribution in [2.45, 2.75) is 20.3 Å². The van der Waals surface area contributed by atoms with Gasteiger partial charge in [0, 0.05) is 4.95 Å². The minimum atomic E-state index is -4.20. The van der Waals surface area contributed by atoms with Crippen molar-refractivity contribution >= 4 is 23.2 Å². The number of nitroso groups, excluding NO2 is 1. The molecule has 9 nitrogen and oxygen atoms in total. The van der Waals surface area contributed by atoms with Gasteiger partial charge in [0.05, 0.1) is 11.9 Å². The van der Waals surface area contributed by atoms with Gasteiger partial charge in [0.25, 0.3) is 0 Å². The van der Waals surface area contributed by atoms with Gasteiger partial charge in [-0.05, 0) is 66.8 Å². The van der Waals surface area contributed by atoms with Crippen molar-refractivity contribution in [2.75, 3.05) is 17.3 Å². The van der Waals surface area contributed by atoms with Gasteiger partial charge in [0.15, 0.2) is 6.35 Å². The molecule has 0 amide bonds. The van der Waals surface area contributed by atoms with E-state index < -0.39 is 23.9 Å². The summed E-state index contributed by atoms with van der Waals surface area (Å²) in [5.41, 5.74) is 3.49. The van der Waals surface area contributed by atoms with E-state index in [1.807, 2.05) is 13.8 Å². The van der Waals surface area contributed by atoms with Crippen LogP contribution in [0.25, 0.3) is 0 Å².